The molecule has 0 atom stereocenters. The number of aromatic amines is 1. The third kappa shape index (κ3) is 2.42. The number of rotatable bonds is 3. The average Bonchev–Trinajstić information content (AvgIpc) is 3.24. The van der Waals surface area contributed by atoms with Crippen LogP contribution in [0.5, 0.6) is 0 Å². The Labute approximate surface area is 141 Å². The minimum Gasteiger partial charge on any atom is -0.285 e. The first-order chi connectivity index (χ1) is 12.0. The molecule has 0 spiro atoms. The van der Waals surface area contributed by atoms with Gasteiger partial charge in [0.25, 0.3) is 10.0 Å². The van der Waals surface area contributed by atoms with Crippen molar-refractivity contribution in [2.45, 2.75) is 4.90 Å². The van der Waals surface area contributed by atoms with Crippen molar-refractivity contribution in [1.29, 1.82) is 0 Å². The summed E-state index contributed by atoms with van der Waals surface area (Å²) in [6, 6.07) is 9.64. The van der Waals surface area contributed by atoms with E-state index < -0.39 is 21.7 Å². The van der Waals surface area contributed by atoms with Crippen molar-refractivity contribution in [2.75, 3.05) is 0 Å². The van der Waals surface area contributed by atoms with Crippen LogP contribution in [0.3, 0.4) is 0 Å². The van der Waals surface area contributed by atoms with Crippen molar-refractivity contribution in [1.82, 2.24) is 14.2 Å². The lowest BCUT2D eigenvalue weighted by Crippen LogP contribution is -2.11. The monoisotopic (exact) mass is 359 g/mol. The molecule has 2 heterocycles. The smallest absolute Gasteiger partial charge is 0.268 e. The Balaban J connectivity index is 2.07. The van der Waals surface area contributed by atoms with Crippen molar-refractivity contribution in [2.24, 2.45) is 0 Å². The third-order valence-electron chi connectivity index (χ3n) is 3.92. The summed E-state index contributed by atoms with van der Waals surface area (Å²) in [6.07, 6.45) is 4.38. The highest BCUT2D eigenvalue weighted by atomic mass is 32.2. The van der Waals surface area contributed by atoms with Crippen LogP contribution in [-0.2, 0) is 10.0 Å². The van der Waals surface area contributed by atoms with Crippen LogP contribution in [-0.4, -0.2) is 22.6 Å². The highest BCUT2D eigenvalue weighted by molar-refractivity contribution is 7.90. The molecule has 0 aliphatic heterocycles. The summed E-state index contributed by atoms with van der Waals surface area (Å²) in [5.74, 6) is -2.17. The van der Waals surface area contributed by atoms with Crippen LogP contribution in [0.25, 0.3) is 22.0 Å². The lowest BCUT2D eigenvalue weighted by Gasteiger charge is -2.07. The first kappa shape index (κ1) is 15.5. The molecule has 0 aliphatic rings. The van der Waals surface area contributed by atoms with Gasteiger partial charge in [-0.15, -0.1) is 0 Å². The van der Waals surface area contributed by atoms with Crippen LogP contribution in [0.1, 0.15) is 0 Å². The van der Waals surface area contributed by atoms with E-state index in [9.17, 15) is 17.2 Å². The highest BCUT2D eigenvalue weighted by Gasteiger charge is 2.23. The van der Waals surface area contributed by atoms with Gasteiger partial charge in [-0.1, -0.05) is 18.2 Å². The molecule has 5 nitrogen and oxygen atoms in total. The van der Waals surface area contributed by atoms with Gasteiger partial charge in [0.05, 0.1) is 16.6 Å². The number of nitrogens with one attached hydrogen (secondary N) is 1. The summed E-state index contributed by atoms with van der Waals surface area (Å²) >= 11 is 0. The van der Waals surface area contributed by atoms with Gasteiger partial charge in [-0.3, -0.25) is 5.10 Å². The van der Waals surface area contributed by atoms with E-state index >= 15 is 0 Å². The molecule has 0 saturated carbocycles. The Morgan fingerprint density at radius 3 is 2.44 bits per heavy atom. The second kappa shape index (κ2) is 5.52. The molecule has 4 rings (SSSR count). The number of H-pyrrole nitrogens is 1. The van der Waals surface area contributed by atoms with Gasteiger partial charge in [0.1, 0.15) is 0 Å². The zero-order valence-corrected chi connectivity index (χ0v) is 13.5. The molecule has 0 bridgehead atoms. The molecule has 0 radical (unpaired) electrons. The molecule has 0 saturated heterocycles. The number of benzene rings is 2. The maximum Gasteiger partial charge on any atom is 0.268 e. The van der Waals surface area contributed by atoms with Crippen LogP contribution < -0.4 is 0 Å². The van der Waals surface area contributed by atoms with Gasteiger partial charge in [-0.25, -0.2) is 21.2 Å². The lowest BCUT2D eigenvalue weighted by molar-refractivity contribution is 0.510. The normalized spacial score (nSPS) is 11.9. The second-order valence-electron chi connectivity index (χ2n) is 5.43. The van der Waals surface area contributed by atoms with Crippen LogP contribution in [0, 0.1) is 11.6 Å². The van der Waals surface area contributed by atoms with E-state index in [1.54, 1.807) is 24.4 Å². The van der Waals surface area contributed by atoms with Crippen molar-refractivity contribution >= 4 is 20.9 Å². The van der Waals surface area contributed by atoms with Gasteiger partial charge in [-0.2, -0.15) is 5.10 Å². The molecule has 1 N–H and O–H groups in total. The lowest BCUT2D eigenvalue weighted by atomic mass is 10.1. The van der Waals surface area contributed by atoms with Crippen LogP contribution >= 0.6 is 0 Å². The summed E-state index contributed by atoms with van der Waals surface area (Å²) in [6.45, 7) is 0. The zero-order valence-electron chi connectivity index (χ0n) is 12.6. The summed E-state index contributed by atoms with van der Waals surface area (Å²) in [5.41, 5.74) is 1.05. The average molecular weight is 359 g/mol. The van der Waals surface area contributed by atoms with Crippen molar-refractivity contribution in [3.63, 3.8) is 0 Å². The van der Waals surface area contributed by atoms with E-state index in [0.29, 0.717) is 11.1 Å². The van der Waals surface area contributed by atoms with E-state index in [0.717, 1.165) is 16.1 Å². The molecule has 0 aliphatic carbocycles. The highest BCUT2D eigenvalue weighted by Crippen LogP contribution is 2.33. The predicted molar refractivity (Wildman–Crippen MR) is 88.5 cm³/mol. The number of hydrogen-bond acceptors (Lipinski definition) is 3. The Morgan fingerprint density at radius 2 is 1.76 bits per heavy atom. The fourth-order valence-electron chi connectivity index (χ4n) is 2.72. The van der Waals surface area contributed by atoms with Gasteiger partial charge in [-0.05, 0) is 18.2 Å². The minimum atomic E-state index is -3.97. The molecule has 0 amide bonds. The Kier molecular flexibility index (Phi) is 3.43. The number of nitrogens with zero attached hydrogens (tertiary/aromatic N) is 2. The molecule has 8 heteroatoms. The summed E-state index contributed by atoms with van der Waals surface area (Å²) in [4.78, 5) is 0.0513. The summed E-state index contributed by atoms with van der Waals surface area (Å²) in [7, 11) is -3.97. The predicted octanol–water partition coefficient (Wildman–Crippen LogP) is 3.55. The second-order valence-corrected chi connectivity index (χ2v) is 7.24. The molecule has 126 valence electrons. The first-order valence-electron chi connectivity index (χ1n) is 7.28. The topological polar surface area (TPSA) is 67.8 Å². The number of halogens is 2. The van der Waals surface area contributed by atoms with Crippen LogP contribution in [0.2, 0.25) is 0 Å². The fourth-order valence-corrected chi connectivity index (χ4v) is 4.11. The standard InChI is InChI=1S/C17H11F2N3O2S/c18-15-6-13-14(11-8-20-21-9-11)10-22(17(13)7-16(15)19)25(23,24)12-4-2-1-3-5-12/h1-10H,(H,20,21). The van der Waals surface area contributed by atoms with Crippen LogP contribution in [0.15, 0.2) is 66.0 Å². The maximum absolute atomic E-state index is 13.8. The molecular formula is C17H11F2N3O2S. The fraction of sp³-hybridized carbons (Fsp3) is 0. The zero-order chi connectivity index (χ0) is 17.6. The summed E-state index contributed by atoms with van der Waals surface area (Å²) < 4.78 is 54.4. The molecule has 2 aromatic heterocycles. The Hall–Kier alpha value is -3.00. The van der Waals surface area contributed by atoms with E-state index in [-0.39, 0.29) is 15.8 Å². The largest absolute Gasteiger partial charge is 0.285 e. The Bertz CT molecular complexity index is 1170. The van der Waals surface area contributed by atoms with Gasteiger partial charge in [0, 0.05) is 35.0 Å². The van der Waals surface area contributed by atoms with E-state index in [4.69, 9.17) is 0 Å². The van der Waals surface area contributed by atoms with Gasteiger partial charge in [0.15, 0.2) is 11.6 Å². The molecule has 2 aromatic carbocycles. The Morgan fingerprint density at radius 1 is 1.04 bits per heavy atom. The van der Waals surface area contributed by atoms with Crippen LogP contribution in [0.4, 0.5) is 8.78 Å². The van der Waals surface area contributed by atoms with E-state index in [2.05, 4.69) is 10.2 Å². The number of aromatic nitrogens is 3. The molecule has 0 unspecified atom stereocenters. The molecule has 25 heavy (non-hydrogen) atoms. The summed E-state index contributed by atoms with van der Waals surface area (Å²) in [5, 5.41) is 6.72. The molecule has 0 fully saturated rings. The van der Waals surface area contributed by atoms with Gasteiger partial charge in [0.2, 0.25) is 0 Å². The first-order valence-corrected chi connectivity index (χ1v) is 8.72. The van der Waals surface area contributed by atoms with Crippen molar-refractivity contribution in [3.05, 3.63) is 72.7 Å². The quantitative estimate of drug-likeness (QED) is 0.608. The SMILES string of the molecule is O=S(=O)(c1ccccc1)n1cc(-c2cn[nH]c2)c2cc(F)c(F)cc21. The maximum atomic E-state index is 13.8. The van der Waals surface area contributed by atoms with Gasteiger partial charge >= 0.3 is 0 Å². The van der Waals surface area contributed by atoms with Crippen molar-refractivity contribution in [3.8, 4) is 11.1 Å². The minimum absolute atomic E-state index is 0.0513. The van der Waals surface area contributed by atoms with E-state index in [1.807, 2.05) is 0 Å². The number of hydrogen-bond donors (Lipinski definition) is 1. The molecular weight excluding hydrogens is 348 g/mol. The van der Waals surface area contributed by atoms with Crippen molar-refractivity contribution < 1.29 is 17.2 Å². The third-order valence-corrected chi connectivity index (χ3v) is 5.61. The number of fused-ring (bicyclic) bond motifs is 1. The molecule has 4 aromatic rings. The van der Waals surface area contributed by atoms with Gasteiger partial charge < -0.3 is 0 Å². The van der Waals surface area contributed by atoms with E-state index in [1.165, 1.54) is 24.5 Å².